The molecule has 0 bridgehead atoms. The summed E-state index contributed by atoms with van der Waals surface area (Å²) in [4.78, 5) is 0. The molecule has 0 amide bonds. The zero-order valence-electron chi connectivity index (χ0n) is 12.8. The molecule has 0 aliphatic carbocycles. The highest BCUT2D eigenvalue weighted by molar-refractivity contribution is 9.10. The molecular weight excluding hydrogens is 326 g/mol. The van der Waals surface area contributed by atoms with Crippen molar-refractivity contribution < 1.29 is 4.74 Å². The van der Waals surface area contributed by atoms with E-state index in [1.165, 1.54) is 16.7 Å². The smallest absolute Gasteiger partial charge is 0.133 e. The van der Waals surface area contributed by atoms with Crippen molar-refractivity contribution in [2.75, 3.05) is 13.7 Å². The van der Waals surface area contributed by atoms with E-state index in [4.69, 9.17) is 4.74 Å². The number of hydrogen-bond donors (Lipinski definition) is 1. The summed E-state index contributed by atoms with van der Waals surface area (Å²) in [6.45, 7) is 4.79. The molecule has 0 saturated heterocycles. The molecular formula is C18H22BrNO. The summed E-state index contributed by atoms with van der Waals surface area (Å²) in [7, 11) is 2.00. The molecule has 1 unspecified atom stereocenters. The second kappa shape index (κ2) is 7.62. The first-order valence-corrected chi connectivity index (χ1v) is 8.08. The lowest BCUT2D eigenvalue weighted by Crippen LogP contribution is -2.18. The second-order valence-electron chi connectivity index (χ2n) is 5.15. The average Bonchev–Trinajstić information content (AvgIpc) is 2.49. The predicted octanol–water partition coefficient (Wildman–Crippen LogP) is 4.66. The maximum Gasteiger partial charge on any atom is 0.133 e. The van der Waals surface area contributed by atoms with Gasteiger partial charge in [-0.25, -0.2) is 0 Å². The van der Waals surface area contributed by atoms with Gasteiger partial charge < -0.3 is 10.1 Å². The van der Waals surface area contributed by atoms with Crippen molar-refractivity contribution in [3.8, 4) is 5.75 Å². The van der Waals surface area contributed by atoms with Crippen LogP contribution in [-0.2, 0) is 6.42 Å². The first kappa shape index (κ1) is 16.1. The zero-order valence-corrected chi connectivity index (χ0v) is 14.4. The van der Waals surface area contributed by atoms with Crippen LogP contribution in [0, 0.1) is 6.92 Å². The Morgan fingerprint density at radius 2 is 1.86 bits per heavy atom. The number of benzene rings is 2. The van der Waals surface area contributed by atoms with Crippen LogP contribution in [0.2, 0.25) is 0 Å². The van der Waals surface area contributed by atoms with E-state index in [-0.39, 0.29) is 0 Å². The monoisotopic (exact) mass is 347 g/mol. The molecule has 0 fully saturated rings. The van der Waals surface area contributed by atoms with E-state index in [1.54, 1.807) is 0 Å². The lowest BCUT2D eigenvalue weighted by atomic mass is 9.98. The molecule has 0 aliphatic heterocycles. The third-order valence-electron chi connectivity index (χ3n) is 3.57. The van der Waals surface area contributed by atoms with Crippen LogP contribution in [0.3, 0.4) is 0 Å². The van der Waals surface area contributed by atoms with E-state index in [0.29, 0.717) is 12.6 Å². The highest BCUT2D eigenvalue weighted by Gasteiger charge is 2.12. The molecule has 0 saturated carbocycles. The van der Waals surface area contributed by atoms with Crippen LogP contribution in [0.4, 0.5) is 0 Å². The molecule has 0 heterocycles. The lowest BCUT2D eigenvalue weighted by Gasteiger charge is -2.18. The minimum atomic E-state index is 0.291. The van der Waals surface area contributed by atoms with E-state index in [1.807, 2.05) is 20.0 Å². The zero-order chi connectivity index (χ0) is 15.2. The number of hydrogen-bond acceptors (Lipinski definition) is 2. The van der Waals surface area contributed by atoms with Crippen molar-refractivity contribution >= 4 is 15.9 Å². The van der Waals surface area contributed by atoms with Crippen molar-refractivity contribution in [1.29, 1.82) is 0 Å². The minimum absolute atomic E-state index is 0.291. The molecule has 2 rings (SSSR count). The molecule has 0 aliphatic rings. The number of rotatable bonds is 6. The molecule has 1 atom stereocenters. The highest BCUT2D eigenvalue weighted by Crippen LogP contribution is 2.29. The highest BCUT2D eigenvalue weighted by atomic mass is 79.9. The van der Waals surface area contributed by atoms with Gasteiger partial charge in [0.2, 0.25) is 0 Å². The Balaban J connectivity index is 2.17. The summed E-state index contributed by atoms with van der Waals surface area (Å²) in [5.74, 6) is 0.895. The van der Waals surface area contributed by atoms with Crippen molar-refractivity contribution in [2.45, 2.75) is 26.3 Å². The maximum absolute atomic E-state index is 5.57. The van der Waals surface area contributed by atoms with E-state index in [0.717, 1.165) is 16.6 Å². The fourth-order valence-corrected chi connectivity index (χ4v) is 2.86. The van der Waals surface area contributed by atoms with Gasteiger partial charge >= 0.3 is 0 Å². The SMILES string of the molecule is CCOc1ccc(C(Cc2ccc(C)cc2)NC)cc1Br. The van der Waals surface area contributed by atoms with Gasteiger partial charge in [-0.3, -0.25) is 0 Å². The second-order valence-corrected chi connectivity index (χ2v) is 6.01. The molecule has 2 nitrogen and oxygen atoms in total. The topological polar surface area (TPSA) is 21.3 Å². The Morgan fingerprint density at radius 3 is 2.43 bits per heavy atom. The van der Waals surface area contributed by atoms with Crippen LogP contribution in [0.25, 0.3) is 0 Å². The quantitative estimate of drug-likeness (QED) is 0.820. The Labute approximate surface area is 135 Å². The number of likely N-dealkylation sites (N-methyl/N-ethyl adjacent to an activating group) is 1. The normalized spacial score (nSPS) is 12.2. The lowest BCUT2D eigenvalue weighted by molar-refractivity contribution is 0.338. The molecule has 0 aromatic heterocycles. The van der Waals surface area contributed by atoms with E-state index in [2.05, 4.69) is 64.6 Å². The summed E-state index contributed by atoms with van der Waals surface area (Å²) in [6, 6.07) is 15.3. The molecule has 2 aromatic carbocycles. The number of ether oxygens (including phenoxy) is 1. The Kier molecular flexibility index (Phi) is 5.83. The molecule has 2 aromatic rings. The Morgan fingerprint density at radius 1 is 1.14 bits per heavy atom. The van der Waals surface area contributed by atoms with Crippen LogP contribution >= 0.6 is 15.9 Å². The third-order valence-corrected chi connectivity index (χ3v) is 4.19. The number of halogens is 1. The first-order valence-electron chi connectivity index (χ1n) is 7.29. The first-order chi connectivity index (χ1) is 10.1. The average molecular weight is 348 g/mol. The van der Waals surface area contributed by atoms with Crippen molar-refractivity contribution in [3.05, 3.63) is 63.6 Å². The molecule has 112 valence electrons. The van der Waals surface area contributed by atoms with Gasteiger partial charge in [-0.15, -0.1) is 0 Å². The largest absolute Gasteiger partial charge is 0.493 e. The van der Waals surface area contributed by atoms with Crippen molar-refractivity contribution in [2.24, 2.45) is 0 Å². The van der Waals surface area contributed by atoms with Crippen LogP contribution < -0.4 is 10.1 Å². The van der Waals surface area contributed by atoms with Gasteiger partial charge in [0, 0.05) is 6.04 Å². The van der Waals surface area contributed by atoms with Crippen molar-refractivity contribution in [1.82, 2.24) is 5.32 Å². The Bertz CT molecular complexity index is 580. The summed E-state index contributed by atoms with van der Waals surface area (Å²) in [5, 5.41) is 3.40. The maximum atomic E-state index is 5.57. The fourth-order valence-electron chi connectivity index (χ4n) is 2.35. The van der Waals surface area contributed by atoms with Gasteiger partial charge in [0.1, 0.15) is 5.75 Å². The summed E-state index contributed by atoms with van der Waals surface area (Å²) < 4.78 is 6.57. The van der Waals surface area contributed by atoms with E-state index < -0.39 is 0 Å². The fraction of sp³-hybridized carbons (Fsp3) is 0.333. The van der Waals surface area contributed by atoms with Gasteiger partial charge in [-0.1, -0.05) is 35.9 Å². The van der Waals surface area contributed by atoms with Gasteiger partial charge in [-0.05, 0) is 66.5 Å². The van der Waals surface area contributed by atoms with Crippen molar-refractivity contribution in [3.63, 3.8) is 0 Å². The number of aryl methyl sites for hydroxylation is 1. The van der Waals surface area contributed by atoms with E-state index in [9.17, 15) is 0 Å². The van der Waals surface area contributed by atoms with Crippen LogP contribution in [-0.4, -0.2) is 13.7 Å². The summed E-state index contributed by atoms with van der Waals surface area (Å²) in [6.07, 6.45) is 0.969. The molecule has 1 N–H and O–H groups in total. The van der Waals surface area contributed by atoms with E-state index >= 15 is 0 Å². The molecule has 3 heteroatoms. The summed E-state index contributed by atoms with van der Waals surface area (Å²) in [5.41, 5.74) is 3.89. The summed E-state index contributed by atoms with van der Waals surface area (Å²) >= 11 is 3.59. The van der Waals surface area contributed by atoms with Gasteiger partial charge in [0.15, 0.2) is 0 Å². The standard InChI is InChI=1S/C18H22BrNO/c1-4-21-18-10-9-15(12-16(18)19)17(20-3)11-14-7-5-13(2)6-8-14/h5-10,12,17,20H,4,11H2,1-3H3. The van der Waals surface area contributed by atoms with Gasteiger partial charge in [-0.2, -0.15) is 0 Å². The Hall–Kier alpha value is -1.32. The predicted molar refractivity (Wildman–Crippen MR) is 92.0 cm³/mol. The number of nitrogens with one attached hydrogen (secondary N) is 1. The minimum Gasteiger partial charge on any atom is -0.493 e. The molecule has 0 radical (unpaired) electrons. The van der Waals surface area contributed by atoms with Crippen LogP contribution in [0.1, 0.15) is 29.7 Å². The molecule has 21 heavy (non-hydrogen) atoms. The van der Waals surface area contributed by atoms with Gasteiger partial charge in [0.05, 0.1) is 11.1 Å². The van der Waals surface area contributed by atoms with Crippen LogP contribution in [0.5, 0.6) is 5.75 Å². The molecule has 0 spiro atoms. The van der Waals surface area contributed by atoms with Gasteiger partial charge in [0.25, 0.3) is 0 Å². The third kappa shape index (κ3) is 4.32. The van der Waals surface area contributed by atoms with Crippen LogP contribution in [0.15, 0.2) is 46.9 Å².